The molecule has 17 heavy (non-hydrogen) atoms. The molecule has 2 rings (SSSR count). The van der Waals surface area contributed by atoms with Crippen LogP contribution in [-0.2, 0) is 0 Å². The third kappa shape index (κ3) is 1.97. The molecule has 1 aromatic carbocycles. The Hall–Kier alpha value is -1.64. The van der Waals surface area contributed by atoms with E-state index in [9.17, 15) is 9.18 Å². The van der Waals surface area contributed by atoms with Gasteiger partial charge in [0.1, 0.15) is 5.82 Å². The maximum Gasteiger partial charge on any atom is 0.192 e. The predicted molar refractivity (Wildman–Crippen MR) is 67.9 cm³/mol. The second-order valence-corrected chi connectivity index (χ2v) is 4.47. The Morgan fingerprint density at radius 1 is 1.41 bits per heavy atom. The normalized spacial score (nSPS) is 12.9. The second kappa shape index (κ2) is 4.32. The highest BCUT2D eigenvalue weighted by atomic mass is 19.1. The predicted octanol–water partition coefficient (Wildman–Crippen LogP) is 3.42. The lowest BCUT2D eigenvalue weighted by Gasteiger charge is -2.18. The zero-order valence-corrected chi connectivity index (χ0v) is 10.3. The first-order valence-electron chi connectivity index (χ1n) is 5.85. The molecule has 1 heterocycles. The van der Waals surface area contributed by atoms with Crippen molar-refractivity contribution in [1.82, 2.24) is 4.57 Å². The zero-order chi connectivity index (χ0) is 12.6. The molecule has 90 valence electrons. The van der Waals surface area contributed by atoms with Gasteiger partial charge in [-0.25, -0.2) is 4.39 Å². The van der Waals surface area contributed by atoms with Crippen molar-refractivity contribution in [2.24, 2.45) is 0 Å². The number of fused-ring (bicyclic) bond motifs is 1. The molecule has 0 bridgehead atoms. The third-order valence-corrected chi connectivity index (χ3v) is 3.24. The van der Waals surface area contributed by atoms with E-state index in [1.165, 1.54) is 12.1 Å². The lowest BCUT2D eigenvalue weighted by atomic mass is 10.1. The third-order valence-electron chi connectivity index (χ3n) is 3.24. The van der Waals surface area contributed by atoms with Crippen LogP contribution in [0.3, 0.4) is 0 Å². The number of benzene rings is 1. The number of nitrogens with zero attached hydrogens (tertiary/aromatic N) is 1. The lowest BCUT2D eigenvalue weighted by Crippen LogP contribution is -2.14. The topological polar surface area (TPSA) is 22.0 Å². The fourth-order valence-electron chi connectivity index (χ4n) is 2.03. The highest BCUT2D eigenvalue weighted by molar-refractivity contribution is 5.79. The molecule has 0 N–H and O–H groups in total. The van der Waals surface area contributed by atoms with Crippen LogP contribution >= 0.6 is 0 Å². The average Bonchev–Trinajstić information content (AvgIpc) is 2.33. The molecule has 0 saturated heterocycles. The fraction of sp³-hybridized carbons (Fsp3) is 0.357. The summed E-state index contributed by atoms with van der Waals surface area (Å²) >= 11 is 0. The molecule has 0 aliphatic heterocycles. The van der Waals surface area contributed by atoms with Gasteiger partial charge in [0.05, 0.1) is 5.52 Å². The summed E-state index contributed by atoms with van der Waals surface area (Å²) < 4.78 is 15.3. The summed E-state index contributed by atoms with van der Waals surface area (Å²) in [6, 6.07) is 4.69. The molecule has 0 amide bonds. The van der Waals surface area contributed by atoms with Crippen LogP contribution in [0.25, 0.3) is 10.9 Å². The maximum atomic E-state index is 13.2. The van der Waals surface area contributed by atoms with Gasteiger partial charge in [-0.15, -0.1) is 0 Å². The first-order valence-corrected chi connectivity index (χ1v) is 5.85. The Labute approximate surface area is 99.7 Å². The van der Waals surface area contributed by atoms with Crippen molar-refractivity contribution in [1.29, 1.82) is 0 Å². The summed E-state index contributed by atoms with van der Waals surface area (Å²) in [6.45, 7) is 5.95. The van der Waals surface area contributed by atoms with E-state index >= 15 is 0 Å². The summed E-state index contributed by atoms with van der Waals surface area (Å²) in [5.74, 6) is -0.365. The molecule has 3 heteroatoms. The van der Waals surface area contributed by atoms with E-state index in [1.54, 1.807) is 13.0 Å². The standard InChI is InChI=1S/C14H16FNO/c1-4-10(3)16-8-9(2)14(17)12-7-11(15)5-6-13(12)16/h5-8,10H,4H2,1-3H3. The number of halogens is 1. The largest absolute Gasteiger partial charge is 0.344 e. The van der Waals surface area contributed by atoms with Crippen LogP contribution in [-0.4, -0.2) is 4.57 Å². The van der Waals surface area contributed by atoms with E-state index < -0.39 is 0 Å². The van der Waals surface area contributed by atoms with E-state index in [0.29, 0.717) is 17.0 Å². The number of rotatable bonds is 2. The Morgan fingerprint density at radius 3 is 2.76 bits per heavy atom. The Kier molecular flexibility index (Phi) is 3.01. The van der Waals surface area contributed by atoms with Crippen molar-refractivity contribution < 1.29 is 4.39 Å². The molecule has 2 aromatic rings. The van der Waals surface area contributed by atoms with Crippen LogP contribution in [0.5, 0.6) is 0 Å². The smallest absolute Gasteiger partial charge is 0.192 e. The second-order valence-electron chi connectivity index (χ2n) is 4.47. The van der Waals surface area contributed by atoms with Gasteiger partial charge in [-0.2, -0.15) is 0 Å². The van der Waals surface area contributed by atoms with Crippen LogP contribution in [0.1, 0.15) is 31.9 Å². The number of pyridine rings is 1. The van der Waals surface area contributed by atoms with Gasteiger partial charge in [0, 0.05) is 23.2 Å². The molecule has 0 radical (unpaired) electrons. The Morgan fingerprint density at radius 2 is 2.12 bits per heavy atom. The molecule has 0 aliphatic carbocycles. The van der Waals surface area contributed by atoms with E-state index in [-0.39, 0.29) is 11.2 Å². The van der Waals surface area contributed by atoms with Gasteiger partial charge in [0.15, 0.2) is 5.43 Å². The van der Waals surface area contributed by atoms with Crippen LogP contribution in [0, 0.1) is 12.7 Å². The van der Waals surface area contributed by atoms with Crippen molar-refractivity contribution in [3.05, 3.63) is 46.0 Å². The monoisotopic (exact) mass is 233 g/mol. The van der Waals surface area contributed by atoms with Gasteiger partial charge in [0.25, 0.3) is 0 Å². The molecular formula is C14H16FNO. The number of hydrogen-bond donors (Lipinski definition) is 0. The van der Waals surface area contributed by atoms with Crippen LogP contribution < -0.4 is 5.43 Å². The molecular weight excluding hydrogens is 217 g/mol. The van der Waals surface area contributed by atoms with Gasteiger partial charge in [0.2, 0.25) is 0 Å². The zero-order valence-electron chi connectivity index (χ0n) is 10.3. The van der Waals surface area contributed by atoms with Gasteiger partial charge in [-0.05, 0) is 38.5 Å². The molecule has 0 fully saturated rings. The summed E-state index contributed by atoms with van der Waals surface area (Å²) in [7, 11) is 0. The SMILES string of the molecule is CCC(C)n1cc(C)c(=O)c2cc(F)ccc21. The minimum Gasteiger partial charge on any atom is -0.344 e. The number of aromatic nitrogens is 1. The van der Waals surface area contributed by atoms with E-state index in [0.717, 1.165) is 11.9 Å². The molecule has 1 unspecified atom stereocenters. The molecule has 1 atom stereocenters. The quantitative estimate of drug-likeness (QED) is 0.779. The fourth-order valence-corrected chi connectivity index (χ4v) is 2.03. The van der Waals surface area contributed by atoms with Crippen molar-refractivity contribution in [2.45, 2.75) is 33.2 Å². The van der Waals surface area contributed by atoms with Crippen LogP contribution in [0.15, 0.2) is 29.2 Å². The molecule has 2 nitrogen and oxygen atoms in total. The van der Waals surface area contributed by atoms with Gasteiger partial charge < -0.3 is 4.57 Å². The molecule has 0 spiro atoms. The maximum absolute atomic E-state index is 13.2. The average molecular weight is 233 g/mol. The van der Waals surface area contributed by atoms with Gasteiger partial charge in [-0.1, -0.05) is 6.92 Å². The van der Waals surface area contributed by atoms with Gasteiger partial charge >= 0.3 is 0 Å². The summed E-state index contributed by atoms with van der Waals surface area (Å²) in [5, 5.41) is 0.463. The highest BCUT2D eigenvalue weighted by Gasteiger charge is 2.10. The van der Waals surface area contributed by atoms with Crippen molar-refractivity contribution >= 4 is 10.9 Å². The van der Waals surface area contributed by atoms with Crippen molar-refractivity contribution in [2.75, 3.05) is 0 Å². The number of aryl methyl sites for hydroxylation is 1. The van der Waals surface area contributed by atoms with Crippen molar-refractivity contribution in [3.63, 3.8) is 0 Å². The molecule has 0 aliphatic rings. The summed E-state index contributed by atoms with van der Waals surface area (Å²) in [6.07, 6.45) is 2.82. The lowest BCUT2D eigenvalue weighted by molar-refractivity contribution is 0.542. The van der Waals surface area contributed by atoms with Crippen LogP contribution in [0.2, 0.25) is 0 Å². The van der Waals surface area contributed by atoms with E-state index in [2.05, 4.69) is 13.8 Å². The summed E-state index contributed by atoms with van der Waals surface area (Å²) in [5.41, 5.74) is 1.37. The molecule has 0 saturated carbocycles. The first kappa shape index (κ1) is 11.8. The highest BCUT2D eigenvalue weighted by Crippen LogP contribution is 2.19. The Bertz CT molecular complexity index is 615. The van der Waals surface area contributed by atoms with Crippen molar-refractivity contribution in [3.8, 4) is 0 Å². The summed E-state index contributed by atoms with van der Waals surface area (Å²) in [4.78, 5) is 12.0. The van der Waals surface area contributed by atoms with E-state index in [1.807, 2.05) is 10.8 Å². The Balaban J connectivity index is 2.87. The van der Waals surface area contributed by atoms with Crippen LogP contribution in [0.4, 0.5) is 4.39 Å². The molecule has 1 aromatic heterocycles. The number of hydrogen-bond acceptors (Lipinski definition) is 1. The first-order chi connectivity index (χ1) is 8.04. The van der Waals surface area contributed by atoms with E-state index in [4.69, 9.17) is 0 Å². The van der Waals surface area contributed by atoms with Gasteiger partial charge in [-0.3, -0.25) is 4.79 Å². The minimum atomic E-state index is -0.365. The minimum absolute atomic E-state index is 0.0842.